The fourth-order valence-electron chi connectivity index (χ4n) is 4.54. The first kappa shape index (κ1) is 20.9. The second-order valence-corrected chi connectivity index (χ2v) is 10.8. The Bertz CT molecular complexity index is 1610. The molecule has 3 heterocycles. The van der Waals surface area contributed by atoms with Crippen LogP contribution in [-0.2, 0) is 6.42 Å². The highest BCUT2D eigenvalue weighted by molar-refractivity contribution is 7.10. The maximum absolute atomic E-state index is 13.6. The molecule has 0 saturated heterocycles. The van der Waals surface area contributed by atoms with Crippen molar-refractivity contribution in [3.05, 3.63) is 111 Å². The highest BCUT2D eigenvalue weighted by Gasteiger charge is 2.32. The van der Waals surface area contributed by atoms with Crippen molar-refractivity contribution in [3.63, 3.8) is 0 Å². The highest BCUT2D eigenvalue weighted by Crippen LogP contribution is 2.42. The number of aromatic hydroxyl groups is 1. The minimum Gasteiger partial charge on any atom is -0.505 e. The number of allylic oxidation sites excluding steroid dienone is 1. The summed E-state index contributed by atoms with van der Waals surface area (Å²) in [4.78, 5) is 20.4. The summed E-state index contributed by atoms with van der Waals surface area (Å²) in [5, 5.41) is 12.2. The van der Waals surface area contributed by atoms with E-state index in [0.29, 0.717) is 14.9 Å². The van der Waals surface area contributed by atoms with Crippen molar-refractivity contribution < 1.29 is 5.11 Å². The highest BCUT2D eigenvalue weighted by atomic mass is 35.5. The van der Waals surface area contributed by atoms with E-state index in [2.05, 4.69) is 24.3 Å². The van der Waals surface area contributed by atoms with E-state index in [1.807, 2.05) is 22.1 Å². The van der Waals surface area contributed by atoms with Crippen molar-refractivity contribution in [2.24, 2.45) is 4.99 Å². The van der Waals surface area contributed by atoms with Crippen LogP contribution in [0.4, 0.5) is 0 Å². The third kappa shape index (κ3) is 3.40. The minimum absolute atomic E-state index is 0.0946. The van der Waals surface area contributed by atoms with Crippen LogP contribution < -0.4 is 14.9 Å². The van der Waals surface area contributed by atoms with Crippen molar-refractivity contribution in [2.75, 3.05) is 0 Å². The van der Waals surface area contributed by atoms with Crippen molar-refractivity contribution >= 4 is 57.6 Å². The first-order chi connectivity index (χ1) is 16.0. The number of nitrogens with zero attached hydrogens (tertiary/aromatic N) is 2. The number of benzene rings is 2. The molecule has 1 aliphatic carbocycles. The van der Waals surface area contributed by atoms with Gasteiger partial charge in [0.05, 0.1) is 26.3 Å². The molecule has 0 saturated carbocycles. The fourth-order valence-corrected chi connectivity index (χ4v) is 6.89. The minimum atomic E-state index is -0.168. The maximum Gasteiger partial charge on any atom is 0.271 e. The van der Waals surface area contributed by atoms with E-state index in [1.54, 1.807) is 29.5 Å². The van der Waals surface area contributed by atoms with Gasteiger partial charge in [-0.3, -0.25) is 9.36 Å². The van der Waals surface area contributed by atoms with Gasteiger partial charge in [0.15, 0.2) is 10.6 Å². The molecule has 0 radical (unpaired) electrons. The molecule has 0 amide bonds. The predicted molar refractivity (Wildman–Crippen MR) is 135 cm³/mol. The number of fused-ring (bicyclic) bond motifs is 3. The number of hydrogen-bond acceptors (Lipinski definition) is 5. The molecule has 1 N–H and O–H groups in total. The zero-order valence-electron chi connectivity index (χ0n) is 17.1. The topological polar surface area (TPSA) is 54.6 Å². The molecule has 1 atom stereocenters. The Hall–Kier alpha value is -2.64. The van der Waals surface area contributed by atoms with Crippen molar-refractivity contribution in [1.29, 1.82) is 0 Å². The Morgan fingerprint density at radius 1 is 1.09 bits per heavy atom. The number of phenolic OH excluding ortho intramolecular Hbond substituents is 1. The van der Waals surface area contributed by atoms with Gasteiger partial charge >= 0.3 is 0 Å². The molecule has 4 nitrogen and oxygen atoms in total. The number of phenols is 1. The Morgan fingerprint density at radius 3 is 2.64 bits per heavy atom. The molecule has 1 aliphatic heterocycles. The van der Waals surface area contributed by atoms with Gasteiger partial charge in [0.1, 0.15) is 0 Å². The molecule has 0 spiro atoms. The van der Waals surface area contributed by atoms with E-state index in [4.69, 9.17) is 28.2 Å². The van der Waals surface area contributed by atoms with Gasteiger partial charge < -0.3 is 5.11 Å². The Labute approximate surface area is 207 Å². The zero-order valence-corrected chi connectivity index (χ0v) is 20.2. The van der Waals surface area contributed by atoms with Crippen LogP contribution in [0, 0.1) is 0 Å². The van der Waals surface area contributed by atoms with E-state index >= 15 is 0 Å². The van der Waals surface area contributed by atoms with Gasteiger partial charge in [-0.2, -0.15) is 0 Å². The van der Waals surface area contributed by atoms with Gasteiger partial charge in [-0.25, -0.2) is 4.99 Å². The number of thiophene rings is 1. The van der Waals surface area contributed by atoms with Crippen LogP contribution in [-0.4, -0.2) is 9.67 Å². The second kappa shape index (κ2) is 7.99. The van der Waals surface area contributed by atoms with Gasteiger partial charge in [0, 0.05) is 10.4 Å². The Kier molecular flexibility index (Phi) is 5.07. The van der Waals surface area contributed by atoms with Crippen LogP contribution in [0.25, 0.3) is 11.8 Å². The number of aryl methyl sites for hydroxylation is 1. The van der Waals surface area contributed by atoms with Crippen LogP contribution in [0.3, 0.4) is 0 Å². The fraction of sp³-hybridized carbons (Fsp3) is 0.120. The zero-order chi connectivity index (χ0) is 22.7. The van der Waals surface area contributed by atoms with E-state index in [-0.39, 0.29) is 27.4 Å². The molecule has 0 bridgehead atoms. The van der Waals surface area contributed by atoms with Gasteiger partial charge in [-0.15, -0.1) is 11.3 Å². The van der Waals surface area contributed by atoms with Crippen molar-refractivity contribution in [1.82, 2.24) is 4.57 Å². The second-order valence-electron chi connectivity index (χ2n) is 7.96. The van der Waals surface area contributed by atoms with E-state index in [1.165, 1.54) is 22.5 Å². The normalized spacial score (nSPS) is 17.4. The van der Waals surface area contributed by atoms with Crippen molar-refractivity contribution in [3.8, 4) is 5.75 Å². The maximum atomic E-state index is 13.6. The molecule has 4 aromatic rings. The van der Waals surface area contributed by atoms with E-state index in [9.17, 15) is 9.90 Å². The van der Waals surface area contributed by atoms with Gasteiger partial charge in [-0.1, -0.05) is 64.9 Å². The summed E-state index contributed by atoms with van der Waals surface area (Å²) in [5.74, 6) is -0.166. The molecular formula is C25H16Cl2N2O2S2. The van der Waals surface area contributed by atoms with Crippen LogP contribution in [0.1, 0.15) is 34.0 Å². The van der Waals surface area contributed by atoms with Crippen LogP contribution in [0.15, 0.2) is 69.3 Å². The summed E-state index contributed by atoms with van der Waals surface area (Å²) in [7, 11) is 0. The summed E-state index contributed by atoms with van der Waals surface area (Å²) >= 11 is 15.2. The van der Waals surface area contributed by atoms with Gasteiger partial charge in [0.2, 0.25) is 0 Å². The molecule has 2 aromatic carbocycles. The number of halogens is 2. The molecule has 0 fully saturated rings. The molecule has 2 aromatic heterocycles. The third-order valence-electron chi connectivity index (χ3n) is 6.02. The SMILES string of the molecule is O=c1c(=Cc2cc(Cl)c(O)c(Cl)c2)sc2n1C(c1cccs1)C1=C(N=2)c2ccccc2CC1. The summed E-state index contributed by atoms with van der Waals surface area (Å²) in [6, 6.07) is 15.5. The predicted octanol–water partition coefficient (Wildman–Crippen LogP) is 5.39. The smallest absolute Gasteiger partial charge is 0.271 e. The standard InChI is InChI=1S/C25H16Cl2N2O2S2/c26-17-10-13(11-18(27)23(17)30)12-20-24(31)29-22(19-6-3-9-32-19)16-8-7-14-4-1-2-5-15(14)21(16)28-25(29)33-20/h1-6,9-12,22,30H,7-8H2. The largest absolute Gasteiger partial charge is 0.505 e. The van der Waals surface area contributed by atoms with E-state index < -0.39 is 0 Å². The monoisotopic (exact) mass is 510 g/mol. The summed E-state index contributed by atoms with van der Waals surface area (Å²) < 4.78 is 2.36. The Morgan fingerprint density at radius 2 is 1.88 bits per heavy atom. The average Bonchev–Trinajstić information content (AvgIpc) is 3.45. The first-order valence-corrected chi connectivity index (χ1v) is 12.8. The summed E-state index contributed by atoms with van der Waals surface area (Å²) in [6.45, 7) is 0. The lowest BCUT2D eigenvalue weighted by atomic mass is 9.85. The molecular weight excluding hydrogens is 495 g/mol. The summed E-state index contributed by atoms with van der Waals surface area (Å²) in [5.41, 5.74) is 5.16. The Balaban J connectivity index is 1.61. The quantitative estimate of drug-likeness (QED) is 0.392. The summed E-state index contributed by atoms with van der Waals surface area (Å²) in [6.07, 6.45) is 3.55. The number of hydrogen-bond donors (Lipinski definition) is 1. The molecule has 33 heavy (non-hydrogen) atoms. The van der Waals surface area contributed by atoms with Crippen LogP contribution >= 0.6 is 45.9 Å². The van der Waals surface area contributed by atoms with Gasteiger partial charge in [0.25, 0.3) is 5.56 Å². The number of aromatic nitrogens is 1. The molecule has 164 valence electrons. The third-order valence-corrected chi connectivity index (χ3v) is 8.51. The van der Waals surface area contributed by atoms with Crippen LogP contribution in [0.5, 0.6) is 5.75 Å². The average molecular weight is 511 g/mol. The molecule has 1 unspecified atom stereocenters. The van der Waals surface area contributed by atoms with Crippen LogP contribution in [0.2, 0.25) is 10.0 Å². The molecule has 2 aliphatic rings. The lowest BCUT2D eigenvalue weighted by Gasteiger charge is -2.30. The van der Waals surface area contributed by atoms with E-state index in [0.717, 1.165) is 29.0 Å². The molecule has 8 heteroatoms. The first-order valence-electron chi connectivity index (χ1n) is 10.4. The molecule has 6 rings (SSSR count). The lowest BCUT2D eigenvalue weighted by Crippen LogP contribution is -2.38. The lowest BCUT2D eigenvalue weighted by molar-refractivity contribution is 0.476. The number of rotatable bonds is 2. The number of thiazole rings is 1. The van der Waals surface area contributed by atoms with Crippen molar-refractivity contribution in [2.45, 2.75) is 18.9 Å². The van der Waals surface area contributed by atoms with Gasteiger partial charge in [-0.05, 0) is 59.2 Å².